The second kappa shape index (κ2) is 7.78. The number of carbonyl (C=O) groups is 2. The summed E-state index contributed by atoms with van der Waals surface area (Å²) >= 11 is 5.34. The molecule has 3 rings (SSSR count). The number of aryl methyl sites for hydroxylation is 1. The molecule has 0 radical (unpaired) electrons. The van der Waals surface area contributed by atoms with Gasteiger partial charge in [-0.15, -0.1) is 0 Å². The zero-order valence-corrected chi connectivity index (χ0v) is 16.0. The van der Waals surface area contributed by atoms with Crippen molar-refractivity contribution in [2.75, 3.05) is 11.1 Å². The monoisotopic (exact) mass is 411 g/mol. The highest BCUT2D eigenvalue weighted by Gasteiger charge is 2.42. The molecule has 1 aromatic carbocycles. The molecule has 1 aromatic rings. The van der Waals surface area contributed by atoms with Crippen molar-refractivity contribution in [1.29, 1.82) is 0 Å². The maximum Gasteiger partial charge on any atom is 0.315 e. The zero-order chi connectivity index (χ0) is 17.1. The van der Waals surface area contributed by atoms with Gasteiger partial charge in [-0.1, -0.05) is 22.4 Å². The Morgan fingerprint density at radius 1 is 1.38 bits per heavy atom. The Kier molecular flexibility index (Phi) is 5.71. The van der Waals surface area contributed by atoms with Gasteiger partial charge in [-0.25, -0.2) is 4.79 Å². The van der Waals surface area contributed by atoms with Crippen LogP contribution in [0.25, 0.3) is 0 Å². The first-order valence-corrected chi connectivity index (χ1v) is 10.1. The molecule has 0 unspecified atom stereocenters. The number of carbonyl (C=O) groups excluding carboxylic acids is 2. The highest BCUT2D eigenvalue weighted by atomic mass is 79.9. The molecule has 0 aliphatic carbocycles. The van der Waals surface area contributed by atoms with Crippen LogP contribution in [0.2, 0.25) is 0 Å². The standard InChI is InChI=1S/C17H22BrN3O2S/c1-10-8-11(18)6-7-12(10)19-15(22)5-3-2-4-14-16-13(9-24-14)20-17(23)21-16/h6-8,13-14,16H,2-5,9H2,1H3,(H,19,22)(H2,20,21,23)/t13-,14-,16-/m0/s1. The van der Waals surface area contributed by atoms with E-state index in [2.05, 4.69) is 31.9 Å². The summed E-state index contributed by atoms with van der Waals surface area (Å²) in [6, 6.07) is 6.33. The van der Waals surface area contributed by atoms with Crippen LogP contribution in [0.3, 0.4) is 0 Å². The Hall–Kier alpha value is -1.21. The number of hydrogen-bond acceptors (Lipinski definition) is 3. The van der Waals surface area contributed by atoms with Gasteiger partial charge in [0.15, 0.2) is 0 Å². The van der Waals surface area contributed by atoms with Crippen LogP contribution in [0.15, 0.2) is 22.7 Å². The van der Waals surface area contributed by atoms with E-state index in [-0.39, 0.29) is 24.0 Å². The summed E-state index contributed by atoms with van der Waals surface area (Å²) in [5, 5.41) is 9.40. The van der Waals surface area contributed by atoms with Crippen molar-refractivity contribution < 1.29 is 9.59 Å². The Morgan fingerprint density at radius 3 is 3.00 bits per heavy atom. The summed E-state index contributed by atoms with van der Waals surface area (Å²) in [6.45, 7) is 1.98. The van der Waals surface area contributed by atoms with E-state index in [4.69, 9.17) is 0 Å². The molecule has 0 saturated carbocycles. The summed E-state index contributed by atoms with van der Waals surface area (Å²) in [7, 11) is 0. The number of urea groups is 1. The van der Waals surface area contributed by atoms with Gasteiger partial charge >= 0.3 is 6.03 Å². The van der Waals surface area contributed by atoms with E-state index in [1.54, 1.807) is 0 Å². The van der Waals surface area contributed by atoms with Crippen molar-refractivity contribution in [3.8, 4) is 0 Å². The first-order valence-electron chi connectivity index (χ1n) is 8.27. The van der Waals surface area contributed by atoms with E-state index < -0.39 is 0 Å². The van der Waals surface area contributed by atoms with Crippen molar-refractivity contribution in [3.63, 3.8) is 0 Å². The van der Waals surface area contributed by atoms with E-state index >= 15 is 0 Å². The maximum absolute atomic E-state index is 12.1. The molecule has 2 heterocycles. The Labute approximate surface area is 154 Å². The molecular weight excluding hydrogens is 390 g/mol. The van der Waals surface area contributed by atoms with Crippen molar-refractivity contribution in [1.82, 2.24) is 10.6 Å². The summed E-state index contributed by atoms with van der Waals surface area (Å²) in [5.41, 5.74) is 1.92. The molecule has 2 aliphatic rings. The molecule has 7 heteroatoms. The van der Waals surface area contributed by atoms with Gasteiger partial charge in [-0.3, -0.25) is 4.79 Å². The number of nitrogens with one attached hydrogen (secondary N) is 3. The molecule has 24 heavy (non-hydrogen) atoms. The van der Waals surface area contributed by atoms with Crippen molar-refractivity contribution in [3.05, 3.63) is 28.2 Å². The number of amides is 3. The van der Waals surface area contributed by atoms with Crippen LogP contribution in [0.4, 0.5) is 10.5 Å². The lowest BCUT2D eigenvalue weighted by molar-refractivity contribution is -0.116. The van der Waals surface area contributed by atoms with E-state index in [0.29, 0.717) is 11.7 Å². The zero-order valence-electron chi connectivity index (χ0n) is 13.6. The number of thioether (sulfide) groups is 1. The van der Waals surface area contributed by atoms with Gasteiger partial charge in [0, 0.05) is 27.6 Å². The van der Waals surface area contributed by atoms with Gasteiger partial charge < -0.3 is 16.0 Å². The predicted molar refractivity (Wildman–Crippen MR) is 101 cm³/mol. The smallest absolute Gasteiger partial charge is 0.315 e. The third-order valence-corrected chi connectivity index (χ3v) is 6.55. The van der Waals surface area contributed by atoms with Crippen molar-refractivity contribution in [2.45, 2.75) is 49.9 Å². The van der Waals surface area contributed by atoms with Crippen LogP contribution in [-0.2, 0) is 4.79 Å². The fourth-order valence-electron chi connectivity index (χ4n) is 3.25. The quantitative estimate of drug-likeness (QED) is 0.495. The fourth-order valence-corrected chi connectivity index (χ4v) is 5.27. The van der Waals surface area contributed by atoms with Crippen LogP contribution in [0.5, 0.6) is 0 Å². The minimum absolute atomic E-state index is 0.0421. The number of hydrogen-bond donors (Lipinski definition) is 3. The average molecular weight is 412 g/mol. The fraction of sp³-hybridized carbons (Fsp3) is 0.529. The number of benzene rings is 1. The average Bonchev–Trinajstić information content (AvgIpc) is 3.06. The summed E-state index contributed by atoms with van der Waals surface area (Å²) < 4.78 is 1.01. The minimum atomic E-state index is -0.0421. The van der Waals surface area contributed by atoms with Gasteiger partial charge in [0.05, 0.1) is 12.1 Å². The summed E-state index contributed by atoms with van der Waals surface area (Å²) in [4.78, 5) is 23.4. The summed E-state index contributed by atoms with van der Waals surface area (Å²) in [6.07, 6.45) is 3.45. The normalized spacial score (nSPS) is 25.1. The van der Waals surface area contributed by atoms with Crippen LogP contribution < -0.4 is 16.0 Å². The number of unbranched alkanes of at least 4 members (excludes halogenated alkanes) is 1. The van der Waals surface area contributed by atoms with Crippen LogP contribution >= 0.6 is 27.7 Å². The highest BCUT2D eigenvalue weighted by molar-refractivity contribution is 9.10. The second-order valence-corrected chi connectivity index (χ2v) is 8.56. The number of halogens is 1. The van der Waals surface area contributed by atoms with Crippen molar-refractivity contribution >= 4 is 45.3 Å². The largest absolute Gasteiger partial charge is 0.332 e. The Bertz CT molecular complexity index is 640. The van der Waals surface area contributed by atoms with Gasteiger partial charge in [0.2, 0.25) is 5.91 Å². The molecule has 5 nitrogen and oxygen atoms in total. The third kappa shape index (κ3) is 4.25. The second-order valence-electron chi connectivity index (χ2n) is 6.38. The first kappa shape index (κ1) is 17.6. The molecular formula is C17H22BrN3O2S. The molecule has 0 aromatic heterocycles. The minimum Gasteiger partial charge on any atom is -0.332 e. The topological polar surface area (TPSA) is 70.2 Å². The molecule has 0 spiro atoms. The molecule has 2 aliphatic heterocycles. The molecule has 3 atom stereocenters. The maximum atomic E-state index is 12.1. The predicted octanol–water partition coefficient (Wildman–Crippen LogP) is 3.42. The molecule has 3 N–H and O–H groups in total. The first-order chi connectivity index (χ1) is 11.5. The van der Waals surface area contributed by atoms with Gasteiger partial charge in [0.1, 0.15) is 0 Å². The van der Waals surface area contributed by atoms with E-state index in [0.717, 1.165) is 40.7 Å². The van der Waals surface area contributed by atoms with Crippen LogP contribution in [-0.4, -0.2) is 35.0 Å². The van der Waals surface area contributed by atoms with E-state index in [9.17, 15) is 9.59 Å². The number of rotatable bonds is 6. The third-order valence-electron chi connectivity index (χ3n) is 4.54. The molecule has 0 bridgehead atoms. The lowest BCUT2D eigenvalue weighted by Crippen LogP contribution is -2.36. The van der Waals surface area contributed by atoms with Gasteiger partial charge in [-0.2, -0.15) is 11.8 Å². The SMILES string of the molecule is Cc1cc(Br)ccc1NC(=O)CCCC[C@@H]1SC[C@@H]2NC(=O)N[C@@H]21. The molecule has 130 valence electrons. The van der Waals surface area contributed by atoms with Gasteiger partial charge in [-0.05, 0) is 43.5 Å². The lowest BCUT2D eigenvalue weighted by atomic mass is 10.0. The van der Waals surface area contributed by atoms with Crippen LogP contribution in [0, 0.1) is 6.92 Å². The summed E-state index contributed by atoms with van der Waals surface area (Å²) in [5.74, 6) is 1.05. The molecule has 2 fully saturated rings. The number of fused-ring (bicyclic) bond motifs is 1. The molecule has 3 amide bonds. The van der Waals surface area contributed by atoms with E-state index in [1.165, 1.54) is 0 Å². The van der Waals surface area contributed by atoms with Gasteiger partial charge in [0.25, 0.3) is 0 Å². The highest BCUT2D eigenvalue weighted by Crippen LogP contribution is 2.33. The molecule has 2 saturated heterocycles. The van der Waals surface area contributed by atoms with Crippen LogP contribution in [0.1, 0.15) is 31.2 Å². The van der Waals surface area contributed by atoms with E-state index in [1.807, 2.05) is 36.9 Å². The lowest BCUT2D eigenvalue weighted by Gasteiger charge is -2.16. The Morgan fingerprint density at radius 2 is 2.21 bits per heavy atom. The number of anilines is 1. The Balaban J connectivity index is 1.37. The van der Waals surface area contributed by atoms with Crippen molar-refractivity contribution in [2.24, 2.45) is 0 Å².